The fourth-order valence-corrected chi connectivity index (χ4v) is 3.41. The SMILES string of the molecule is CNCCCC1CSc2cccc(O)c21. The summed E-state index contributed by atoms with van der Waals surface area (Å²) in [4.78, 5) is 1.27. The molecule has 1 aromatic rings. The molecule has 15 heavy (non-hydrogen) atoms. The Morgan fingerprint density at radius 3 is 3.20 bits per heavy atom. The molecule has 0 amide bonds. The Morgan fingerprint density at radius 2 is 2.40 bits per heavy atom. The fraction of sp³-hybridized carbons (Fsp3) is 0.500. The highest BCUT2D eigenvalue weighted by Crippen LogP contribution is 2.45. The van der Waals surface area contributed by atoms with Crippen molar-refractivity contribution in [2.75, 3.05) is 19.3 Å². The predicted octanol–water partition coefficient (Wildman–Crippen LogP) is 2.58. The molecule has 1 aliphatic heterocycles. The van der Waals surface area contributed by atoms with E-state index in [1.54, 1.807) is 6.07 Å². The van der Waals surface area contributed by atoms with Crippen molar-refractivity contribution in [2.45, 2.75) is 23.7 Å². The lowest BCUT2D eigenvalue weighted by atomic mass is 9.95. The van der Waals surface area contributed by atoms with Gasteiger partial charge < -0.3 is 10.4 Å². The van der Waals surface area contributed by atoms with E-state index in [1.165, 1.54) is 23.3 Å². The Hall–Kier alpha value is -0.670. The van der Waals surface area contributed by atoms with Crippen molar-refractivity contribution in [3.05, 3.63) is 23.8 Å². The van der Waals surface area contributed by atoms with Crippen molar-refractivity contribution in [1.82, 2.24) is 5.32 Å². The number of nitrogens with one attached hydrogen (secondary N) is 1. The lowest BCUT2D eigenvalue weighted by Gasteiger charge is -2.11. The first kappa shape index (κ1) is 10.8. The topological polar surface area (TPSA) is 32.3 Å². The number of phenols is 1. The van der Waals surface area contributed by atoms with E-state index < -0.39 is 0 Å². The molecular formula is C12H17NOS. The van der Waals surface area contributed by atoms with Crippen molar-refractivity contribution in [2.24, 2.45) is 0 Å². The molecule has 0 saturated heterocycles. The summed E-state index contributed by atoms with van der Waals surface area (Å²) in [5.41, 5.74) is 1.18. The van der Waals surface area contributed by atoms with Crippen LogP contribution in [0.3, 0.4) is 0 Å². The lowest BCUT2D eigenvalue weighted by Crippen LogP contribution is -2.09. The zero-order chi connectivity index (χ0) is 10.7. The van der Waals surface area contributed by atoms with Crippen molar-refractivity contribution >= 4 is 11.8 Å². The van der Waals surface area contributed by atoms with Crippen LogP contribution in [-0.2, 0) is 0 Å². The maximum absolute atomic E-state index is 9.83. The number of rotatable bonds is 4. The van der Waals surface area contributed by atoms with E-state index in [9.17, 15) is 5.11 Å². The first-order chi connectivity index (χ1) is 7.33. The summed E-state index contributed by atoms with van der Waals surface area (Å²) in [5.74, 6) is 2.14. The molecule has 2 N–H and O–H groups in total. The van der Waals surface area contributed by atoms with Gasteiger partial charge in [-0.3, -0.25) is 0 Å². The molecule has 1 heterocycles. The molecule has 0 aliphatic carbocycles. The highest BCUT2D eigenvalue weighted by molar-refractivity contribution is 7.99. The highest BCUT2D eigenvalue weighted by Gasteiger charge is 2.25. The smallest absolute Gasteiger partial charge is 0.120 e. The van der Waals surface area contributed by atoms with Crippen LogP contribution < -0.4 is 5.32 Å². The standard InChI is InChI=1S/C12H17NOS/c1-13-7-3-4-9-8-15-11-6-2-5-10(14)12(9)11/h2,5-6,9,13-14H,3-4,7-8H2,1H3. The molecule has 82 valence electrons. The van der Waals surface area contributed by atoms with Crippen LogP contribution >= 0.6 is 11.8 Å². The first-order valence-corrected chi connectivity index (χ1v) is 6.40. The van der Waals surface area contributed by atoms with E-state index >= 15 is 0 Å². The van der Waals surface area contributed by atoms with E-state index in [4.69, 9.17) is 0 Å². The van der Waals surface area contributed by atoms with E-state index in [2.05, 4.69) is 11.4 Å². The number of benzene rings is 1. The number of fused-ring (bicyclic) bond motifs is 1. The van der Waals surface area contributed by atoms with Gasteiger partial charge in [0.2, 0.25) is 0 Å². The van der Waals surface area contributed by atoms with Gasteiger partial charge in [0.1, 0.15) is 5.75 Å². The number of thioether (sulfide) groups is 1. The number of aromatic hydroxyl groups is 1. The summed E-state index contributed by atoms with van der Waals surface area (Å²) in [6.07, 6.45) is 2.34. The van der Waals surface area contributed by atoms with Crippen LogP contribution in [0.1, 0.15) is 24.3 Å². The van der Waals surface area contributed by atoms with Gasteiger partial charge in [-0.15, -0.1) is 11.8 Å². The summed E-state index contributed by atoms with van der Waals surface area (Å²) in [7, 11) is 1.98. The quantitative estimate of drug-likeness (QED) is 0.770. The van der Waals surface area contributed by atoms with Gasteiger partial charge in [-0.25, -0.2) is 0 Å². The molecule has 2 rings (SSSR count). The van der Waals surface area contributed by atoms with E-state index in [1.807, 2.05) is 24.9 Å². The molecule has 3 heteroatoms. The van der Waals surface area contributed by atoms with Gasteiger partial charge in [0.05, 0.1) is 0 Å². The minimum Gasteiger partial charge on any atom is -0.508 e. The van der Waals surface area contributed by atoms with Gasteiger partial charge in [0.15, 0.2) is 0 Å². The zero-order valence-electron chi connectivity index (χ0n) is 8.99. The number of phenolic OH excluding ortho intramolecular Hbond substituents is 1. The second-order valence-electron chi connectivity index (χ2n) is 3.94. The molecular weight excluding hydrogens is 206 g/mol. The molecule has 2 nitrogen and oxygen atoms in total. The summed E-state index contributed by atoms with van der Waals surface area (Å²) < 4.78 is 0. The van der Waals surface area contributed by atoms with Gasteiger partial charge in [0.25, 0.3) is 0 Å². The van der Waals surface area contributed by atoms with Crippen molar-refractivity contribution in [1.29, 1.82) is 0 Å². The summed E-state index contributed by atoms with van der Waals surface area (Å²) in [6.45, 7) is 1.06. The molecule has 1 aliphatic rings. The Bertz CT molecular complexity index is 340. The second kappa shape index (κ2) is 4.90. The van der Waals surface area contributed by atoms with Gasteiger partial charge in [0, 0.05) is 16.2 Å². The Balaban J connectivity index is 2.07. The van der Waals surface area contributed by atoms with Crippen molar-refractivity contribution in [3.63, 3.8) is 0 Å². The van der Waals surface area contributed by atoms with Crippen LogP contribution in [0, 0.1) is 0 Å². The molecule has 0 saturated carbocycles. The van der Waals surface area contributed by atoms with Gasteiger partial charge in [-0.2, -0.15) is 0 Å². The van der Waals surface area contributed by atoms with Crippen LogP contribution in [-0.4, -0.2) is 24.5 Å². The third-order valence-corrected chi connectivity index (χ3v) is 4.11. The van der Waals surface area contributed by atoms with Crippen molar-refractivity contribution < 1.29 is 5.11 Å². The summed E-state index contributed by atoms with van der Waals surface area (Å²) >= 11 is 1.87. The van der Waals surface area contributed by atoms with Gasteiger partial charge in [-0.1, -0.05) is 6.07 Å². The molecule has 0 aromatic heterocycles. The number of hydrogen-bond acceptors (Lipinski definition) is 3. The Kier molecular flexibility index (Phi) is 3.54. The Labute approximate surface area is 95.1 Å². The zero-order valence-corrected chi connectivity index (χ0v) is 9.81. The number of hydrogen-bond donors (Lipinski definition) is 2. The molecule has 0 spiro atoms. The fourth-order valence-electron chi connectivity index (χ4n) is 2.10. The van der Waals surface area contributed by atoms with E-state index in [0.29, 0.717) is 11.7 Å². The van der Waals surface area contributed by atoms with Crippen LogP contribution in [0.25, 0.3) is 0 Å². The maximum Gasteiger partial charge on any atom is 0.120 e. The molecule has 0 bridgehead atoms. The van der Waals surface area contributed by atoms with Crippen molar-refractivity contribution in [3.8, 4) is 5.75 Å². The second-order valence-corrected chi connectivity index (χ2v) is 5.00. The van der Waals surface area contributed by atoms with E-state index in [-0.39, 0.29) is 0 Å². The monoisotopic (exact) mass is 223 g/mol. The van der Waals surface area contributed by atoms with Crippen LogP contribution in [0.5, 0.6) is 5.75 Å². The van der Waals surface area contributed by atoms with Gasteiger partial charge in [-0.05, 0) is 44.5 Å². The largest absolute Gasteiger partial charge is 0.508 e. The molecule has 1 atom stereocenters. The molecule has 1 aromatic carbocycles. The van der Waals surface area contributed by atoms with Gasteiger partial charge >= 0.3 is 0 Å². The van der Waals surface area contributed by atoms with Crippen LogP contribution in [0.2, 0.25) is 0 Å². The third-order valence-electron chi connectivity index (χ3n) is 2.87. The average Bonchev–Trinajstić information content (AvgIpc) is 2.63. The first-order valence-electron chi connectivity index (χ1n) is 5.42. The minimum atomic E-state index is 0.479. The van der Waals surface area contributed by atoms with Crippen LogP contribution in [0.15, 0.2) is 23.1 Å². The minimum absolute atomic E-state index is 0.479. The highest BCUT2D eigenvalue weighted by atomic mass is 32.2. The Morgan fingerprint density at radius 1 is 1.53 bits per heavy atom. The third kappa shape index (κ3) is 2.29. The van der Waals surface area contributed by atoms with E-state index in [0.717, 1.165) is 12.3 Å². The normalized spacial score (nSPS) is 19.1. The van der Waals surface area contributed by atoms with Crippen LogP contribution in [0.4, 0.5) is 0 Å². The summed E-state index contributed by atoms with van der Waals surface area (Å²) in [5, 5.41) is 13.0. The summed E-state index contributed by atoms with van der Waals surface area (Å²) in [6, 6.07) is 5.84. The predicted molar refractivity (Wildman–Crippen MR) is 64.7 cm³/mol. The molecule has 0 fully saturated rings. The lowest BCUT2D eigenvalue weighted by molar-refractivity contribution is 0.458. The average molecular weight is 223 g/mol. The maximum atomic E-state index is 9.83. The molecule has 0 radical (unpaired) electrons. The molecule has 1 unspecified atom stereocenters.